The standard InChI is InChI=1S/C15H18O4/c1-9-5-10(2)7-11(6-9)8-12-13(16)18-15(3,4)19-14(12)17/h5-7,12H,8H2,1-4H3. The molecule has 0 saturated carbocycles. The maximum atomic E-state index is 11.9. The zero-order chi connectivity index (χ0) is 14.2. The van der Waals surface area contributed by atoms with Crippen molar-refractivity contribution >= 4 is 11.9 Å². The molecule has 102 valence electrons. The van der Waals surface area contributed by atoms with Gasteiger partial charge < -0.3 is 9.47 Å². The Morgan fingerprint density at radius 2 is 1.47 bits per heavy atom. The zero-order valence-corrected chi connectivity index (χ0v) is 11.6. The predicted octanol–water partition coefficient (Wildman–Crippen LogP) is 2.30. The minimum absolute atomic E-state index is 0.316. The van der Waals surface area contributed by atoms with Gasteiger partial charge in [-0.3, -0.25) is 9.59 Å². The molecule has 0 aromatic heterocycles. The summed E-state index contributed by atoms with van der Waals surface area (Å²) in [7, 11) is 0. The molecular weight excluding hydrogens is 244 g/mol. The van der Waals surface area contributed by atoms with Crippen LogP contribution < -0.4 is 0 Å². The molecular formula is C15H18O4. The lowest BCUT2D eigenvalue weighted by Crippen LogP contribution is -2.46. The van der Waals surface area contributed by atoms with Gasteiger partial charge >= 0.3 is 11.9 Å². The molecule has 1 fully saturated rings. The van der Waals surface area contributed by atoms with Crippen molar-refractivity contribution in [1.82, 2.24) is 0 Å². The number of ether oxygens (including phenoxy) is 2. The number of esters is 2. The summed E-state index contributed by atoms with van der Waals surface area (Å²) >= 11 is 0. The predicted molar refractivity (Wildman–Crippen MR) is 69.4 cm³/mol. The summed E-state index contributed by atoms with van der Waals surface area (Å²) in [4.78, 5) is 23.7. The van der Waals surface area contributed by atoms with Gasteiger partial charge in [0.1, 0.15) is 0 Å². The number of aryl methyl sites for hydroxylation is 2. The Kier molecular flexibility index (Phi) is 3.35. The van der Waals surface area contributed by atoms with Gasteiger partial charge in [-0.1, -0.05) is 29.3 Å². The Hall–Kier alpha value is -1.84. The summed E-state index contributed by atoms with van der Waals surface area (Å²) in [6.45, 7) is 7.07. The molecule has 4 nitrogen and oxygen atoms in total. The molecule has 1 heterocycles. The second-order valence-electron chi connectivity index (χ2n) is 5.49. The number of rotatable bonds is 2. The third kappa shape index (κ3) is 3.13. The van der Waals surface area contributed by atoms with Crippen molar-refractivity contribution < 1.29 is 19.1 Å². The van der Waals surface area contributed by atoms with Crippen LogP contribution in [0.2, 0.25) is 0 Å². The number of hydrogen-bond acceptors (Lipinski definition) is 4. The Morgan fingerprint density at radius 3 is 1.95 bits per heavy atom. The maximum absolute atomic E-state index is 11.9. The molecule has 0 unspecified atom stereocenters. The van der Waals surface area contributed by atoms with Crippen molar-refractivity contribution in [2.24, 2.45) is 5.92 Å². The summed E-state index contributed by atoms with van der Waals surface area (Å²) in [6, 6.07) is 5.98. The van der Waals surface area contributed by atoms with E-state index in [1.807, 2.05) is 32.0 Å². The lowest BCUT2D eigenvalue weighted by atomic mass is 9.96. The highest BCUT2D eigenvalue weighted by Crippen LogP contribution is 2.26. The van der Waals surface area contributed by atoms with Crippen molar-refractivity contribution in [3.63, 3.8) is 0 Å². The SMILES string of the molecule is Cc1cc(C)cc(CC2C(=O)OC(C)(C)OC2=O)c1. The summed E-state index contributed by atoms with van der Waals surface area (Å²) in [6.07, 6.45) is 0.316. The van der Waals surface area contributed by atoms with Gasteiger partial charge in [0.25, 0.3) is 5.79 Å². The highest BCUT2D eigenvalue weighted by molar-refractivity contribution is 5.96. The lowest BCUT2D eigenvalue weighted by Gasteiger charge is -2.32. The van der Waals surface area contributed by atoms with Gasteiger partial charge in [-0.05, 0) is 25.8 Å². The van der Waals surface area contributed by atoms with Crippen molar-refractivity contribution in [2.45, 2.75) is 39.9 Å². The van der Waals surface area contributed by atoms with Crippen molar-refractivity contribution in [2.75, 3.05) is 0 Å². The average molecular weight is 262 g/mol. The van der Waals surface area contributed by atoms with Gasteiger partial charge in [-0.25, -0.2) is 0 Å². The monoisotopic (exact) mass is 262 g/mol. The van der Waals surface area contributed by atoms with Crippen LogP contribution in [0, 0.1) is 19.8 Å². The topological polar surface area (TPSA) is 52.6 Å². The Balaban J connectivity index is 2.19. The number of hydrogen-bond donors (Lipinski definition) is 0. The molecule has 0 bridgehead atoms. The molecule has 19 heavy (non-hydrogen) atoms. The Bertz CT molecular complexity index is 491. The number of benzene rings is 1. The first-order valence-electron chi connectivity index (χ1n) is 6.30. The van der Waals surface area contributed by atoms with Crippen LogP contribution in [0.25, 0.3) is 0 Å². The molecule has 2 rings (SSSR count). The average Bonchev–Trinajstić information content (AvgIpc) is 2.20. The first-order valence-corrected chi connectivity index (χ1v) is 6.30. The van der Waals surface area contributed by atoms with E-state index in [1.165, 1.54) is 0 Å². The van der Waals surface area contributed by atoms with Crippen LogP contribution in [0.1, 0.15) is 30.5 Å². The highest BCUT2D eigenvalue weighted by atomic mass is 16.7. The largest absolute Gasteiger partial charge is 0.422 e. The van der Waals surface area contributed by atoms with Crippen LogP contribution in [0.4, 0.5) is 0 Å². The van der Waals surface area contributed by atoms with Gasteiger partial charge in [-0.15, -0.1) is 0 Å². The minimum Gasteiger partial charge on any atom is -0.422 e. The quantitative estimate of drug-likeness (QED) is 0.606. The molecule has 0 aliphatic carbocycles. The molecule has 0 amide bonds. The first kappa shape index (κ1) is 13.6. The number of carbonyl (C=O) groups is 2. The molecule has 1 aromatic carbocycles. The van der Waals surface area contributed by atoms with Crippen molar-refractivity contribution in [3.05, 3.63) is 34.9 Å². The van der Waals surface area contributed by atoms with E-state index in [-0.39, 0.29) is 0 Å². The molecule has 0 radical (unpaired) electrons. The van der Waals surface area contributed by atoms with E-state index < -0.39 is 23.6 Å². The normalized spacial score (nSPS) is 18.9. The molecule has 1 aliphatic heterocycles. The van der Waals surface area contributed by atoms with E-state index in [0.717, 1.165) is 16.7 Å². The number of cyclic esters (lactones) is 2. The summed E-state index contributed by atoms with van der Waals surface area (Å²) in [5.74, 6) is -3.05. The second-order valence-corrected chi connectivity index (χ2v) is 5.49. The fraction of sp³-hybridized carbons (Fsp3) is 0.467. The third-order valence-electron chi connectivity index (χ3n) is 2.98. The fourth-order valence-electron chi connectivity index (χ4n) is 2.33. The van der Waals surface area contributed by atoms with E-state index in [0.29, 0.717) is 6.42 Å². The van der Waals surface area contributed by atoms with Gasteiger partial charge in [0.05, 0.1) is 0 Å². The molecule has 0 spiro atoms. The fourth-order valence-corrected chi connectivity index (χ4v) is 2.33. The second kappa shape index (κ2) is 4.68. The van der Waals surface area contributed by atoms with Crippen LogP contribution in [-0.2, 0) is 25.5 Å². The van der Waals surface area contributed by atoms with Crippen LogP contribution in [0.3, 0.4) is 0 Å². The van der Waals surface area contributed by atoms with Crippen LogP contribution >= 0.6 is 0 Å². The molecule has 0 atom stereocenters. The lowest BCUT2D eigenvalue weighted by molar-refractivity contribution is -0.239. The third-order valence-corrected chi connectivity index (χ3v) is 2.98. The minimum atomic E-state index is -1.16. The maximum Gasteiger partial charge on any atom is 0.323 e. The van der Waals surface area contributed by atoms with E-state index in [9.17, 15) is 9.59 Å². The van der Waals surface area contributed by atoms with E-state index in [2.05, 4.69) is 0 Å². The molecule has 0 N–H and O–H groups in total. The van der Waals surface area contributed by atoms with E-state index in [1.54, 1.807) is 13.8 Å². The van der Waals surface area contributed by atoms with Gasteiger partial charge in [0, 0.05) is 13.8 Å². The molecule has 1 aliphatic rings. The highest BCUT2D eigenvalue weighted by Gasteiger charge is 2.43. The van der Waals surface area contributed by atoms with Gasteiger partial charge in [0.2, 0.25) is 0 Å². The van der Waals surface area contributed by atoms with Crippen molar-refractivity contribution in [3.8, 4) is 0 Å². The first-order chi connectivity index (χ1) is 8.77. The van der Waals surface area contributed by atoms with Crippen LogP contribution in [0.15, 0.2) is 18.2 Å². The Labute approximate surface area is 112 Å². The summed E-state index contributed by atoms with van der Waals surface area (Å²) in [5, 5.41) is 0. The van der Waals surface area contributed by atoms with E-state index >= 15 is 0 Å². The van der Waals surface area contributed by atoms with Gasteiger partial charge in [-0.2, -0.15) is 0 Å². The summed E-state index contributed by atoms with van der Waals surface area (Å²) in [5.41, 5.74) is 3.15. The molecule has 4 heteroatoms. The molecule has 1 aromatic rings. The zero-order valence-electron chi connectivity index (χ0n) is 11.6. The smallest absolute Gasteiger partial charge is 0.323 e. The van der Waals surface area contributed by atoms with Gasteiger partial charge in [0.15, 0.2) is 5.92 Å². The Morgan fingerprint density at radius 1 is 1.00 bits per heavy atom. The van der Waals surface area contributed by atoms with Crippen LogP contribution in [-0.4, -0.2) is 17.7 Å². The summed E-state index contributed by atoms with van der Waals surface area (Å²) < 4.78 is 10.2. The van der Waals surface area contributed by atoms with Crippen LogP contribution in [0.5, 0.6) is 0 Å². The molecule has 1 saturated heterocycles. The van der Waals surface area contributed by atoms with Crippen molar-refractivity contribution in [1.29, 1.82) is 0 Å². The van der Waals surface area contributed by atoms with E-state index in [4.69, 9.17) is 9.47 Å². The number of carbonyl (C=O) groups excluding carboxylic acids is 2.